The Bertz CT molecular complexity index is 1370. The SMILES string of the molecule is C=CC(=O)OC(COCCCC)COc1c2ccccc2c(OCC(COCCCC)OC(=O)C=C)c2cc(Cl)ccc12. The Morgan fingerprint density at radius 3 is 1.65 bits per heavy atom. The molecule has 0 fully saturated rings. The Balaban J connectivity index is 1.95. The van der Waals surface area contributed by atoms with Crippen molar-refractivity contribution in [2.24, 2.45) is 0 Å². The van der Waals surface area contributed by atoms with Crippen molar-refractivity contribution in [3.63, 3.8) is 0 Å². The highest BCUT2D eigenvalue weighted by Crippen LogP contribution is 2.43. The summed E-state index contributed by atoms with van der Waals surface area (Å²) in [6.45, 7) is 12.7. The van der Waals surface area contributed by atoms with Gasteiger partial charge in [0.05, 0.1) is 13.2 Å². The molecule has 9 heteroatoms. The van der Waals surface area contributed by atoms with Crippen LogP contribution in [0.3, 0.4) is 0 Å². The Kier molecular flexibility index (Phi) is 14.3. The summed E-state index contributed by atoms with van der Waals surface area (Å²) in [6.07, 6.45) is 4.72. The van der Waals surface area contributed by atoms with Gasteiger partial charge in [0, 0.05) is 51.9 Å². The summed E-state index contributed by atoms with van der Waals surface area (Å²) in [7, 11) is 0. The van der Waals surface area contributed by atoms with Gasteiger partial charge in [-0.1, -0.05) is 75.7 Å². The third-order valence-corrected chi connectivity index (χ3v) is 6.74. The topological polar surface area (TPSA) is 89.5 Å². The van der Waals surface area contributed by atoms with Gasteiger partial charge in [0.25, 0.3) is 0 Å². The van der Waals surface area contributed by atoms with E-state index in [1.54, 1.807) is 12.1 Å². The maximum Gasteiger partial charge on any atom is 0.330 e. The van der Waals surface area contributed by atoms with Crippen molar-refractivity contribution >= 4 is 45.1 Å². The Labute approximate surface area is 258 Å². The van der Waals surface area contributed by atoms with Crippen LogP contribution in [0.4, 0.5) is 0 Å². The molecule has 0 amide bonds. The number of benzene rings is 3. The molecule has 0 aliphatic carbocycles. The molecule has 0 aliphatic heterocycles. The molecular weight excluding hydrogens is 572 g/mol. The lowest BCUT2D eigenvalue weighted by Crippen LogP contribution is -2.30. The van der Waals surface area contributed by atoms with Gasteiger partial charge < -0.3 is 28.4 Å². The minimum absolute atomic E-state index is 0.0478. The average molecular weight is 613 g/mol. The lowest BCUT2D eigenvalue weighted by Gasteiger charge is -2.22. The van der Waals surface area contributed by atoms with E-state index in [4.69, 9.17) is 40.0 Å². The van der Waals surface area contributed by atoms with E-state index in [2.05, 4.69) is 27.0 Å². The largest absolute Gasteiger partial charge is 0.488 e. The lowest BCUT2D eigenvalue weighted by molar-refractivity contribution is -0.148. The number of ether oxygens (including phenoxy) is 6. The monoisotopic (exact) mass is 612 g/mol. The first kappa shape index (κ1) is 33.9. The predicted octanol–water partition coefficient (Wildman–Crippen LogP) is 7.23. The van der Waals surface area contributed by atoms with Gasteiger partial charge in [-0.25, -0.2) is 9.59 Å². The van der Waals surface area contributed by atoms with Gasteiger partial charge in [0.15, 0.2) is 12.2 Å². The fraction of sp³-hybridized carbons (Fsp3) is 0.412. The van der Waals surface area contributed by atoms with E-state index < -0.39 is 24.1 Å². The summed E-state index contributed by atoms with van der Waals surface area (Å²) in [5.74, 6) is 0.0365. The van der Waals surface area contributed by atoms with Crippen LogP contribution in [0, 0.1) is 0 Å². The van der Waals surface area contributed by atoms with Crippen molar-refractivity contribution < 1.29 is 38.0 Å². The smallest absolute Gasteiger partial charge is 0.330 e. The van der Waals surface area contributed by atoms with Crippen molar-refractivity contribution in [3.05, 3.63) is 72.8 Å². The highest BCUT2D eigenvalue weighted by atomic mass is 35.5. The van der Waals surface area contributed by atoms with Gasteiger partial charge >= 0.3 is 11.9 Å². The van der Waals surface area contributed by atoms with Crippen LogP contribution in [0.25, 0.3) is 21.5 Å². The number of halogens is 1. The molecule has 8 nitrogen and oxygen atoms in total. The molecule has 3 aromatic rings. The summed E-state index contributed by atoms with van der Waals surface area (Å²) in [5, 5.41) is 3.52. The van der Waals surface area contributed by atoms with Gasteiger partial charge in [0.1, 0.15) is 24.7 Å². The molecule has 3 aromatic carbocycles. The summed E-state index contributed by atoms with van der Waals surface area (Å²) in [5.41, 5.74) is 0. The maximum absolute atomic E-state index is 12.0. The number of carbonyl (C=O) groups is 2. The van der Waals surface area contributed by atoms with Gasteiger partial charge in [-0.3, -0.25) is 0 Å². The van der Waals surface area contributed by atoms with Crippen LogP contribution in [0.1, 0.15) is 39.5 Å². The molecule has 0 heterocycles. The van der Waals surface area contributed by atoms with Crippen LogP contribution < -0.4 is 9.47 Å². The molecule has 0 radical (unpaired) electrons. The second-order valence-electron chi connectivity index (χ2n) is 9.90. The lowest BCUT2D eigenvalue weighted by atomic mass is 10.0. The van der Waals surface area contributed by atoms with Gasteiger partial charge in [0.2, 0.25) is 0 Å². The average Bonchev–Trinajstić information content (AvgIpc) is 3.02. The van der Waals surface area contributed by atoms with Crippen LogP contribution >= 0.6 is 11.6 Å². The number of hydrogen-bond donors (Lipinski definition) is 0. The Hall–Kier alpha value is -3.59. The highest BCUT2D eigenvalue weighted by molar-refractivity contribution is 6.31. The molecule has 0 aromatic heterocycles. The number of esters is 2. The summed E-state index contributed by atoms with van der Waals surface area (Å²) in [6, 6.07) is 13.1. The first-order valence-corrected chi connectivity index (χ1v) is 15.0. The Morgan fingerprint density at radius 1 is 0.721 bits per heavy atom. The van der Waals surface area contributed by atoms with Crippen molar-refractivity contribution in [2.45, 2.75) is 51.7 Å². The zero-order chi connectivity index (χ0) is 31.0. The second kappa shape index (κ2) is 18.2. The number of rotatable bonds is 20. The number of unbranched alkanes of at least 4 members (excludes halogenated alkanes) is 2. The molecule has 2 unspecified atom stereocenters. The van der Waals surface area contributed by atoms with Crippen molar-refractivity contribution in [3.8, 4) is 11.5 Å². The molecule has 0 saturated heterocycles. The minimum Gasteiger partial charge on any atom is -0.488 e. The number of hydrogen-bond acceptors (Lipinski definition) is 8. The minimum atomic E-state index is -0.653. The van der Waals surface area contributed by atoms with Gasteiger partial charge in [-0.15, -0.1) is 0 Å². The van der Waals surface area contributed by atoms with E-state index in [1.807, 2.05) is 30.3 Å². The molecule has 0 saturated carbocycles. The zero-order valence-corrected chi connectivity index (χ0v) is 25.7. The van der Waals surface area contributed by atoms with E-state index in [-0.39, 0.29) is 26.4 Å². The maximum atomic E-state index is 12.0. The molecular formula is C34H41ClO8. The second-order valence-corrected chi connectivity index (χ2v) is 10.3. The third kappa shape index (κ3) is 10.3. The predicted molar refractivity (Wildman–Crippen MR) is 169 cm³/mol. The third-order valence-electron chi connectivity index (χ3n) is 6.51. The van der Waals surface area contributed by atoms with Crippen LogP contribution in [0.2, 0.25) is 5.02 Å². The summed E-state index contributed by atoms with van der Waals surface area (Å²) >= 11 is 6.45. The molecule has 0 spiro atoms. The molecule has 232 valence electrons. The van der Waals surface area contributed by atoms with Crippen LogP contribution in [-0.4, -0.2) is 63.8 Å². The van der Waals surface area contributed by atoms with Crippen molar-refractivity contribution in [1.29, 1.82) is 0 Å². The summed E-state index contributed by atoms with van der Waals surface area (Å²) in [4.78, 5) is 24.0. The quantitative estimate of drug-likeness (QED) is 0.0571. The summed E-state index contributed by atoms with van der Waals surface area (Å²) < 4.78 is 35.2. The van der Waals surface area contributed by atoms with Crippen LogP contribution in [0.5, 0.6) is 11.5 Å². The fourth-order valence-electron chi connectivity index (χ4n) is 4.31. The fourth-order valence-corrected chi connectivity index (χ4v) is 4.49. The van der Waals surface area contributed by atoms with E-state index in [1.165, 1.54) is 0 Å². The molecule has 0 aliphatic rings. The van der Waals surface area contributed by atoms with E-state index in [0.29, 0.717) is 35.1 Å². The Morgan fingerprint density at radius 2 is 1.19 bits per heavy atom. The van der Waals surface area contributed by atoms with Gasteiger partial charge in [-0.2, -0.15) is 0 Å². The standard InChI is InChI=1S/C34H41ClO8/c1-5-9-17-38-20-25(42-31(36)7-3)22-40-33-27-13-11-12-14-28(27)34(30-19-24(35)15-16-29(30)33)41-23-26(43-32(37)8-4)21-39-18-10-6-2/h7-8,11-16,19,25-26H,3-6,9-10,17-18,20-23H2,1-2H3. The molecule has 43 heavy (non-hydrogen) atoms. The van der Waals surface area contributed by atoms with Crippen LogP contribution in [-0.2, 0) is 28.5 Å². The molecule has 2 atom stereocenters. The first-order valence-electron chi connectivity index (χ1n) is 14.6. The van der Waals surface area contributed by atoms with Crippen molar-refractivity contribution in [2.75, 3.05) is 39.6 Å². The molecule has 3 rings (SSSR count). The van der Waals surface area contributed by atoms with E-state index in [9.17, 15) is 9.59 Å². The zero-order valence-electron chi connectivity index (χ0n) is 25.0. The van der Waals surface area contributed by atoms with Crippen LogP contribution in [0.15, 0.2) is 67.8 Å². The van der Waals surface area contributed by atoms with Gasteiger partial charge in [-0.05, 0) is 31.0 Å². The highest BCUT2D eigenvalue weighted by Gasteiger charge is 2.22. The molecule has 0 bridgehead atoms. The van der Waals surface area contributed by atoms with E-state index in [0.717, 1.165) is 54.0 Å². The first-order chi connectivity index (χ1) is 20.9. The van der Waals surface area contributed by atoms with Crippen molar-refractivity contribution in [1.82, 2.24) is 0 Å². The van der Waals surface area contributed by atoms with E-state index >= 15 is 0 Å². The number of fused-ring (bicyclic) bond motifs is 2. The number of carbonyl (C=O) groups excluding carboxylic acids is 2. The molecule has 0 N–H and O–H groups in total. The normalized spacial score (nSPS) is 12.4.